The summed E-state index contributed by atoms with van der Waals surface area (Å²) >= 11 is 5.87. The third kappa shape index (κ3) is 3.71. The Balaban J connectivity index is 1.74. The molecule has 1 aliphatic heterocycles. The number of alkyl halides is 3. The number of nitrogens with zero attached hydrogens (tertiary/aromatic N) is 4. The lowest BCUT2D eigenvalue weighted by Crippen LogP contribution is -2.39. The van der Waals surface area contributed by atoms with E-state index in [-0.39, 0.29) is 18.0 Å². The van der Waals surface area contributed by atoms with Crippen molar-refractivity contribution >= 4 is 23.2 Å². The molecule has 2 heterocycles. The van der Waals surface area contributed by atoms with Gasteiger partial charge in [0.1, 0.15) is 0 Å². The summed E-state index contributed by atoms with van der Waals surface area (Å²) in [5.41, 5.74) is -0.125. The zero-order valence-corrected chi connectivity index (χ0v) is 15.1. The molecule has 1 fully saturated rings. The fourth-order valence-corrected chi connectivity index (χ4v) is 3.35. The number of aryl methyl sites for hydroxylation is 1. The Hall–Kier alpha value is -2.06. The molecule has 0 spiro atoms. The maximum atomic E-state index is 13.1. The lowest BCUT2D eigenvalue weighted by molar-refractivity contribution is -0.142. The van der Waals surface area contributed by atoms with E-state index in [0.29, 0.717) is 18.0 Å². The summed E-state index contributed by atoms with van der Waals surface area (Å²) in [6, 6.07) is 6.43. The van der Waals surface area contributed by atoms with Crippen LogP contribution >= 0.6 is 11.6 Å². The summed E-state index contributed by atoms with van der Waals surface area (Å²) in [4.78, 5) is 16.0. The quantitative estimate of drug-likeness (QED) is 0.809. The molecule has 1 atom stereocenters. The highest BCUT2D eigenvalue weighted by Gasteiger charge is 2.39. The van der Waals surface area contributed by atoms with Crippen LogP contribution in [-0.2, 0) is 24.6 Å². The van der Waals surface area contributed by atoms with Gasteiger partial charge in [-0.3, -0.25) is 14.4 Å². The van der Waals surface area contributed by atoms with Crippen molar-refractivity contribution in [1.82, 2.24) is 14.7 Å². The molecule has 1 aliphatic rings. The van der Waals surface area contributed by atoms with E-state index in [1.807, 2.05) is 0 Å². The van der Waals surface area contributed by atoms with Crippen molar-refractivity contribution in [3.63, 3.8) is 0 Å². The van der Waals surface area contributed by atoms with E-state index in [0.717, 1.165) is 10.4 Å². The molecule has 0 aliphatic carbocycles. The molecule has 1 unspecified atom stereocenters. The maximum Gasteiger partial charge on any atom is 0.435 e. The third-order valence-electron chi connectivity index (χ3n) is 4.44. The van der Waals surface area contributed by atoms with Crippen LogP contribution in [0.2, 0.25) is 5.02 Å². The number of halogens is 4. The molecule has 0 N–H and O–H groups in total. The first-order valence-corrected chi connectivity index (χ1v) is 8.41. The zero-order valence-electron chi connectivity index (χ0n) is 14.3. The lowest BCUT2D eigenvalue weighted by atomic mass is 10.1. The van der Waals surface area contributed by atoms with Crippen LogP contribution in [0.3, 0.4) is 0 Å². The lowest BCUT2D eigenvalue weighted by Gasteiger charge is -2.24. The minimum absolute atomic E-state index is 0.00640. The molecule has 140 valence electrons. The van der Waals surface area contributed by atoms with Crippen LogP contribution in [0.15, 0.2) is 30.5 Å². The molecule has 1 aromatic carbocycles. The van der Waals surface area contributed by atoms with Crippen LogP contribution in [0.4, 0.5) is 18.9 Å². The van der Waals surface area contributed by atoms with E-state index in [9.17, 15) is 18.0 Å². The van der Waals surface area contributed by atoms with Crippen molar-refractivity contribution in [1.29, 1.82) is 0 Å². The molecular formula is C17H18ClF3N4O. The number of aromatic nitrogens is 2. The Morgan fingerprint density at radius 3 is 2.58 bits per heavy atom. The van der Waals surface area contributed by atoms with E-state index in [2.05, 4.69) is 5.10 Å². The van der Waals surface area contributed by atoms with E-state index < -0.39 is 17.9 Å². The monoisotopic (exact) mass is 386 g/mol. The molecule has 1 amide bonds. The van der Waals surface area contributed by atoms with Gasteiger partial charge in [-0.15, -0.1) is 0 Å². The normalized spacial score (nSPS) is 18.2. The van der Waals surface area contributed by atoms with Crippen LogP contribution in [0.5, 0.6) is 0 Å². The molecule has 1 saturated heterocycles. The molecule has 0 saturated carbocycles. The first kappa shape index (κ1) is 18.7. The number of amides is 1. The van der Waals surface area contributed by atoms with Gasteiger partial charge < -0.3 is 4.90 Å². The number of anilines is 1. The van der Waals surface area contributed by atoms with Crippen molar-refractivity contribution in [2.24, 2.45) is 7.05 Å². The van der Waals surface area contributed by atoms with Gasteiger partial charge in [0.2, 0.25) is 5.91 Å². The number of likely N-dealkylation sites (N-methyl/N-ethyl adjacent to an activating group) is 1. The SMILES string of the molecule is CN(Cc1cn(C)nc1C(F)(F)F)C1CCN(c2ccc(Cl)cc2)C1=O. The number of carbonyl (C=O) groups excluding carboxylic acids is 1. The standard InChI is InChI=1S/C17H18ClF3N4O/c1-23(9-11-10-24(2)22-15(11)17(19,20)21)14-7-8-25(16(14)26)13-5-3-12(18)4-6-13/h3-6,10,14H,7-9H2,1-2H3. The van der Waals surface area contributed by atoms with Crippen molar-refractivity contribution in [3.05, 3.63) is 46.7 Å². The van der Waals surface area contributed by atoms with Gasteiger partial charge in [0, 0.05) is 42.6 Å². The highest BCUT2D eigenvalue weighted by molar-refractivity contribution is 6.30. The Bertz CT molecular complexity index is 803. The van der Waals surface area contributed by atoms with Gasteiger partial charge in [-0.05, 0) is 37.7 Å². The highest BCUT2D eigenvalue weighted by atomic mass is 35.5. The van der Waals surface area contributed by atoms with Gasteiger partial charge in [-0.2, -0.15) is 18.3 Å². The number of hydrogen-bond acceptors (Lipinski definition) is 3. The Morgan fingerprint density at radius 1 is 1.31 bits per heavy atom. The van der Waals surface area contributed by atoms with Crippen molar-refractivity contribution in [2.45, 2.75) is 25.2 Å². The third-order valence-corrected chi connectivity index (χ3v) is 4.69. The van der Waals surface area contributed by atoms with E-state index >= 15 is 0 Å². The smallest absolute Gasteiger partial charge is 0.311 e. The number of rotatable bonds is 4. The molecule has 3 rings (SSSR count). The van der Waals surface area contributed by atoms with Gasteiger partial charge in [-0.25, -0.2) is 0 Å². The predicted octanol–water partition coefficient (Wildman–Crippen LogP) is 3.33. The number of hydrogen-bond donors (Lipinski definition) is 0. The summed E-state index contributed by atoms with van der Waals surface area (Å²) in [6.45, 7) is 0.502. The molecule has 2 aromatic rings. The average Bonchev–Trinajstić information content (AvgIpc) is 3.11. The largest absolute Gasteiger partial charge is 0.435 e. The summed E-state index contributed by atoms with van der Waals surface area (Å²) in [6.07, 6.45) is -2.64. The maximum absolute atomic E-state index is 13.1. The van der Waals surface area contributed by atoms with Crippen LogP contribution in [0, 0.1) is 0 Å². The van der Waals surface area contributed by atoms with Crippen molar-refractivity contribution < 1.29 is 18.0 Å². The van der Waals surface area contributed by atoms with E-state index in [1.165, 1.54) is 13.2 Å². The second-order valence-electron chi connectivity index (χ2n) is 6.36. The second kappa shape index (κ2) is 6.92. The fourth-order valence-electron chi connectivity index (χ4n) is 3.22. The number of carbonyl (C=O) groups is 1. The summed E-state index contributed by atoms with van der Waals surface area (Å²) in [5, 5.41) is 4.08. The van der Waals surface area contributed by atoms with Gasteiger partial charge in [-0.1, -0.05) is 11.6 Å². The van der Waals surface area contributed by atoms with E-state index in [1.54, 1.807) is 41.1 Å². The fraction of sp³-hybridized carbons (Fsp3) is 0.412. The van der Waals surface area contributed by atoms with Gasteiger partial charge >= 0.3 is 6.18 Å². The molecule has 26 heavy (non-hydrogen) atoms. The minimum Gasteiger partial charge on any atom is -0.311 e. The average molecular weight is 387 g/mol. The molecule has 0 radical (unpaired) electrons. The van der Waals surface area contributed by atoms with Gasteiger partial charge in [0.25, 0.3) is 0 Å². The summed E-state index contributed by atoms with van der Waals surface area (Å²) in [5.74, 6) is -0.132. The predicted molar refractivity (Wildman–Crippen MR) is 91.9 cm³/mol. The van der Waals surface area contributed by atoms with Crippen LogP contribution in [0.1, 0.15) is 17.7 Å². The molecule has 0 bridgehead atoms. The Kier molecular flexibility index (Phi) is 4.98. The van der Waals surface area contributed by atoms with Gasteiger partial charge in [0.05, 0.1) is 6.04 Å². The zero-order chi connectivity index (χ0) is 19.1. The molecule has 9 heteroatoms. The summed E-state index contributed by atoms with van der Waals surface area (Å²) in [7, 11) is 3.10. The Morgan fingerprint density at radius 2 is 1.96 bits per heavy atom. The topological polar surface area (TPSA) is 41.4 Å². The molecular weight excluding hydrogens is 369 g/mol. The molecule has 1 aromatic heterocycles. The highest BCUT2D eigenvalue weighted by Crippen LogP contribution is 2.32. The first-order valence-electron chi connectivity index (χ1n) is 8.03. The van der Waals surface area contributed by atoms with Gasteiger partial charge in [0.15, 0.2) is 5.69 Å². The van der Waals surface area contributed by atoms with Crippen LogP contribution in [-0.4, -0.2) is 40.2 Å². The molecule has 5 nitrogen and oxygen atoms in total. The van der Waals surface area contributed by atoms with E-state index in [4.69, 9.17) is 11.6 Å². The summed E-state index contributed by atoms with van der Waals surface area (Å²) < 4.78 is 40.4. The number of benzene rings is 1. The Labute approximate surface area is 153 Å². The van der Waals surface area contributed by atoms with Crippen molar-refractivity contribution in [2.75, 3.05) is 18.5 Å². The van der Waals surface area contributed by atoms with Crippen LogP contribution in [0.25, 0.3) is 0 Å². The minimum atomic E-state index is -4.52. The van der Waals surface area contributed by atoms with Crippen molar-refractivity contribution in [3.8, 4) is 0 Å². The van der Waals surface area contributed by atoms with Crippen LogP contribution < -0.4 is 4.90 Å². The first-order chi connectivity index (χ1) is 12.2. The second-order valence-corrected chi connectivity index (χ2v) is 6.80.